The van der Waals surface area contributed by atoms with E-state index in [0.717, 1.165) is 10.2 Å². The Balaban J connectivity index is 1.40. The average Bonchev–Trinajstić information content (AvgIpc) is 3.73. The van der Waals surface area contributed by atoms with Crippen LogP contribution in [0.15, 0.2) is 61.2 Å². The van der Waals surface area contributed by atoms with Gasteiger partial charge in [0.25, 0.3) is 11.6 Å². The Labute approximate surface area is 244 Å². The quantitative estimate of drug-likeness (QED) is 0.219. The van der Waals surface area contributed by atoms with Crippen molar-refractivity contribution in [3.63, 3.8) is 0 Å². The molecule has 1 aliphatic rings. The third-order valence-corrected chi connectivity index (χ3v) is 7.52. The Hall–Kier alpha value is -4.85. The second-order valence-corrected chi connectivity index (χ2v) is 10.2. The van der Waals surface area contributed by atoms with Crippen LogP contribution in [0.3, 0.4) is 0 Å². The minimum Gasteiger partial charge on any atom is -0.366 e. The van der Waals surface area contributed by atoms with E-state index in [9.17, 15) is 22.4 Å². The number of carbonyl (C=O) groups is 1. The number of rotatable bonds is 6. The van der Waals surface area contributed by atoms with Gasteiger partial charge in [-0.25, -0.2) is 13.5 Å². The number of nitrogens with zero attached hydrogens (tertiary/aromatic N) is 6. The van der Waals surface area contributed by atoms with Gasteiger partial charge >= 0.3 is 6.18 Å². The van der Waals surface area contributed by atoms with Crippen LogP contribution in [-0.2, 0) is 12.6 Å². The standard InChI is InChI=1S/C28H19ClF5N7O2/c1-43-41-12-16(24-21(7-5-19(29)25(24)31)40-13-23(37-38-40)28(32,33)34)8-15-3-6-22(26(15)41)39-11-17(10-36-39)14-2-4-18(27(35)42)20(30)9-14/h2,4-5,7-13,22H,3,6H2,1H3,(H-,35,42)/p+1/t22-/m0/s1. The van der Waals surface area contributed by atoms with Crippen molar-refractivity contribution in [3.8, 4) is 27.9 Å². The van der Waals surface area contributed by atoms with Gasteiger partial charge in [-0.05, 0) is 48.7 Å². The predicted molar refractivity (Wildman–Crippen MR) is 142 cm³/mol. The number of halogens is 6. The molecule has 6 rings (SSSR count). The highest BCUT2D eigenvalue weighted by Gasteiger charge is 2.38. The zero-order valence-corrected chi connectivity index (χ0v) is 22.9. The van der Waals surface area contributed by atoms with Crippen LogP contribution in [0.5, 0.6) is 0 Å². The van der Waals surface area contributed by atoms with E-state index in [1.54, 1.807) is 29.2 Å². The minimum absolute atomic E-state index is 0.00615. The number of nitrogens with two attached hydrogens (primary N) is 1. The van der Waals surface area contributed by atoms with Gasteiger partial charge < -0.3 is 5.73 Å². The lowest BCUT2D eigenvalue weighted by molar-refractivity contribution is -0.891. The normalized spacial score (nSPS) is 14.6. The summed E-state index contributed by atoms with van der Waals surface area (Å²) in [6.45, 7) is 0. The summed E-state index contributed by atoms with van der Waals surface area (Å²) in [6.07, 6.45) is 1.84. The van der Waals surface area contributed by atoms with Gasteiger partial charge in [0, 0.05) is 22.1 Å². The smallest absolute Gasteiger partial charge is 0.366 e. The third-order valence-electron chi connectivity index (χ3n) is 7.23. The molecule has 0 saturated carbocycles. The Morgan fingerprint density at radius 3 is 2.58 bits per heavy atom. The summed E-state index contributed by atoms with van der Waals surface area (Å²) in [5.74, 6) is -2.48. The van der Waals surface area contributed by atoms with Gasteiger partial charge in [-0.2, -0.15) is 18.3 Å². The highest BCUT2D eigenvalue weighted by molar-refractivity contribution is 6.31. The molecule has 0 saturated heterocycles. The summed E-state index contributed by atoms with van der Waals surface area (Å²) in [5, 5.41) is 11.0. The fraction of sp³-hybridized carbons (Fsp3) is 0.179. The number of aromatic nitrogens is 6. The highest BCUT2D eigenvalue weighted by Crippen LogP contribution is 2.38. The molecular formula is C28H20ClF5N7O2+. The lowest BCUT2D eigenvalue weighted by Gasteiger charge is -2.13. The minimum atomic E-state index is -4.74. The molecule has 2 aromatic carbocycles. The van der Waals surface area contributed by atoms with E-state index in [-0.39, 0.29) is 33.4 Å². The molecule has 1 amide bonds. The van der Waals surface area contributed by atoms with E-state index in [4.69, 9.17) is 22.2 Å². The van der Waals surface area contributed by atoms with Crippen LogP contribution >= 0.6 is 11.6 Å². The molecule has 220 valence electrons. The van der Waals surface area contributed by atoms with Crippen molar-refractivity contribution in [1.29, 1.82) is 0 Å². The molecule has 3 aromatic heterocycles. The Morgan fingerprint density at radius 1 is 1.12 bits per heavy atom. The van der Waals surface area contributed by atoms with E-state index >= 15 is 4.39 Å². The van der Waals surface area contributed by atoms with E-state index in [1.165, 1.54) is 42.3 Å². The molecule has 1 atom stereocenters. The monoisotopic (exact) mass is 616 g/mol. The van der Waals surface area contributed by atoms with Crippen molar-refractivity contribution in [2.75, 3.05) is 7.11 Å². The number of hydrogen-bond donors (Lipinski definition) is 1. The van der Waals surface area contributed by atoms with Gasteiger partial charge in [0.1, 0.15) is 19.0 Å². The fourth-order valence-electron chi connectivity index (χ4n) is 5.24. The number of benzene rings is 2. The third kappa shape index (κ3) is 4.96. The Morgan fingerprint density at radius 2 is 1.91 bits per heavy atom. The number of hydrogen-bond acceptors (Lipinski definition) is 5. The van der Waals surface area contributed by atoms with Crippen LogP contribution in [0, 0.1) is 11.6 Å². The number of aryl methyl sites for hydroxylation is 1. The van der Waals surface area contributed by atoms with Crippen molar-refractivity contribution >= 4 is 17.5 Å². The first kappa shape index (κ1) is 28.3. The van der Waals surface area contributed by atoms with Crippen LogP contribution in [0.25, 0.3) is 27.9 Å². The molecule has 3 heterocycles. The second kappa shape index (κ2) is 10.5. The lowest BCUT2D eigenvalue weighted by Crippen LogP contribution is -2.46. The average molecular weight is 617 g/mol. The molecule has 43 heavy (non-hydrogen) atoms. The summed E-state index contributed by atoms with van der Waals surface area (Å²) in [6, 6.07) is 8.05. The van der Waals surface area contributed by atoms with Gasteiger partial charge in [-0.1, -0.05) is 22.9 Å². The van der Waals surface area contributed by atoms with Gasteiger partial charge in [0.15, 0.2) is 11.5 Å². The van der Waals surface area contributed by atoms with Crippen molar-refractivity contribution in [2.24, 2.45) is 5.73 Å². The molecule has 5 aromatic rings. The topological polar surface area (TPSA) is 105 Å². The first-order valence-corrected chi connectivity index (χ1v) is 13.1. The van der Waals surface area contributed by atoms with Crippen LogP contribution in [0.2, 0.25) is 5.02 Å². The second-order valence-electron chi connectivity index (χ2n) is 9.77. The number of fused-ring (bicyclic) bond motifs is 1. The summed E-state index contributed by atoms with van der Waals surface area (Å²) in [7, 11) is 1.42. The zero-order chi connectivity index (χ0) is 30.6. The molecule has 0 aliphatic heterocycles. The number of pyridine rings is 1. The zero-order valence-electron chi connectivity index (χ0n) is 22.1. The fourth-order valence-corrected chi connectivity index (χ4v) is 5.40. The first-order chi connectivity index (χ1) is 20.5. The molecule has 0 fully saturated rings. The number of amides is 1. The van der Waals surface area contributed by atoms with Gasteiger partial charge in [-0.15, -0.1) is 5.10 Å². The largest absolute Gasteiger partial charge is 0.436 e. The Bertz CT molecular complexity index is 1900. The molecule has 0 spiro atoms. The molecule has 0 unspecified atom stereocenters. The number of primary amides is 1. The number of alkyl halides is 3. The maximum atomic E-state index is 15.5. The van der Waals surface area contributed by atoms with Crippen LogP contribution in [0.1, 0.15) is 39.8 Å². The molecule has 9 nitrogen and oxygen atoms in total. The summed E-state index contributed by atoms with van der Waals surface area (Å²) >= 11 is 6.09. The van der Waals surface area contributed by atoms with E-state index < -0.39 is 29.4 Å². The van der Waals surface area contributed by atoms with Crippen LogP contribution in [0.4, 0.5) is 22.0 Å². The summed E-state index contributed by atoms with van der Waals surface area (Å²) in [5.41, 5.74) is 6.50. The molecule has 0 bridgehead atoms. The maximum absolute atomic E-state index is 15.5. The van der Waals surface area contributed by atoms with E-state index in [1.807, 2.05) is 0 Å². The van der Waals surface area contributed by atoms with Gasteiger partial charge in [0.05, 0.1) is 39.8 Å². The molecule has 2 N–H and O–H groups in total. The molecule has 0 radical (unpaired) electrons. The molecular weight excluding hydrogens is 597 g/mol. The predicted octanol–water partition coefficient (Wildman–Crippen LogP) is 4.73. The number of carbonyl (C=O) groups excluding carboxylic acids is 1. The highest BCUT2D eigenvalue weighted by atomic mass is 35.5. The van der Waals surface area contributed by atoms with Crippen molar-refractivity contribution < 1.29 is 36.3 Å². The van der Waals surface area contributed by atoms with Crippen molar-refractivity contribution in [1.82, 2.24) is 24.8 Å². The lowest BCUT2D eigenvalue weighted by atomic mass is 10.0. The van der Waals surface area contributed by atoms with Crippen LogP contribution < -0.4 is 15.3 Å². The van der Waals surface area contributed by atoms with Gasteiger partial charge in [0.2, 0.25) is 6.20 Å². The first-order valence-electron chi connectivity index (χ1n) is 12.7. The molecule has 1 aliphatic carbocycles. The summed E-state index contributed by atoms with van der Waals surface area (Å²) in [4.78, 5) is 17.0. The molecule has 15 heteroatoms. The van der Waals surface area contributed by atoms with E-state index in [0.29, 0.717) is 35.9 Å². The van der Waals surface area contributed by atoms with Crippen molar-refractivity contribution in [2.45, 2.75) is 25.1 Å². The summed E-state index contributed by atoms with van der Waals surface area (Å²) < 4.78 is 73.5. The maximum Gasteiger partial charge on any atom is 0.436 e. The SMILES string of the molecule is CO[n+]1cc(-c2c(-n3cc(C(F)(F)F)nn3)ccc(Cl)c2F)cc2c1[C@@H](n1cc(-c3ccc(C(N)=O)c(F)c3)cn1)CC2. The van der Waals surface area contributed by atoms with Crippen molar-refractivity contribution in [3.05, 3.63) is 100 Å². The van der Waals surface area contributed by atoms with Gasteiger partial charge in [-0.3, -0.25) is 14.3 Å². The Kier molecular flexibility index (Phi) is 6.87. The van der Waals surface area contributed by atoms with Crippen LogP contribution in [-0.4, -0.2) is 37.8 Å². The van der Waals surface area contributed by atoms with E-state index in [2.05, 4.69) is 15.4 Å².